The lowest BCUT2D eigenvalue weighted by Gasteiger charge is -2.14. The van der Waals surface area contributed by atoms with Crippen molar-refractivity contribution in [3.8, 4) is 11.1 Å². The summed E-state index contributed by atoms with van der Waals surface area (Å²) in [5, 5.41) is 20.5. The number of carbonyl (C=O) groups is 3. The predicted octanol–water partition coefficient (Wildman–Crippen LogP) is 4.00. The molecular formula is C25H26N4O5. The molecule has 0 radical (unpaired) electrons. The SMILES string of the molecule is CC(CCC(=O)O)CNC(=O)c1cc(NC(=O)OCC2c3ccccc3-c3ccccc32)n[nH]1. The number of H-pyrrole nitrogens is 1. The molecule has 9 heteroatoms. The number of carboxylic acids is 1. The summed E-state index contributed by atoms with van der Waals surface area (Å²) in [6.07, 6.45) is -0.148. The Labute approximate surface area is 196 Å². The number of aliphatic carboxylic acids is 1. The third-order valence-electron chi connectivity index (χ3n) is 5.86. The Bertz CT molecular complexity index is 1160. The van der Waals surface area contributed by atoms with Crippen molar-refractivity contribution in [3.63, 3.8) is 0 Å². The van der Waals surface area contributed by atoms with E-state index >= 15 is 0 Å². The van der Waals surface area contributed by atoms with Crippen LogP contribution < -0.4 is 10.6 Å². The van der Waals surface area contributed by atoms with Crippen LogP contribution in [0.1, 0.15) is 47.3 Å². The number of fused-ring (bicyclic) bond motifs is 3. The highest BCUT2D eigenvalue weighted by atomic mass is 16.5. The van der Waals surface area contributed by atoms with Crippen molar-refractivity contribution >= 4 is 23.8 Å². The second kappa shape index (κ2) is 10.2. The minimum absolute atomic E-state index is 0.0152. The molecule has 1 unspecified atom stereocenters. The fraction of sp³-hybridized carbons (Fsp3) is 0.280. The van der Waals surface area contributed by atoms with E-state index in [2.05, 4.69) is 33.0 Å². The summed E-state index contributed by atoms with van der Waals surface area (Å²) in [5.41, 5.74) is 4.71. The van der Waals surface area contributed by atoms with Crippen LogP contribution in [0.4, 0.5) is 10.6 Å². The molecule has 0 fully saturated rings. The number of hydrogen-bond donors (Lipinski definition) is 4. The first-order valence-electron chi connectivity index (χ1n) is 11.1. The van der Waals surface area contributed by atoms with Gasteiger partial charge in [-0.3, -0.25) is 20.0 Å². The van der Waals surface area contributed by atoms with Crippen LogP contribution in [0.5, 0.6) is 0 Å². The van der Waals surface area contributed by atoms with E-state index in [1.54, 1.807) is 0 Å². The maximum absolute atomic E-state index is 12.4. The molecule has 2 amide bonds. The Morgan fingerprint density at radius 3 is 2.38 bits per heavy atom. The molecule has 0 spiro atoms. The van der Waals surface area contributed by atoms with Crippen LogP contribution in [0.3, 0.4) is 0 Å². The second-order valence-electron chi connectivity index (χ2n) is 8.37. The van der Waals surface area contributed by atoms with Crippen molar-refractivity contribution in [2.24, 2.45) is 5.92 Å². The van der Waals surface area contributed by atoms with E-state index in [9.17, 15) is 14.4 Å². The average Bonchev–Trinajstić information content (AvgIpc) is 3.42. The molecule has 0 bridgehead atoms. The van der Waals surface area contributed by atoms with Gasteiger partial charge in [-0.15, -0.1) is 0 Å². The molecule has 176 valence electrons. The maximum Gasteiger partial charge on any atom is 0.412 e. The van der Waals surface area contributed by atoms with E-state index in [0.717, 1.165) is 22.3 Å². The molecule has 34 heavy (non-hydrogen) atoms. The third kappa shape index (κ3) is 5.25. The fourth-order valence-corrected chi connectivity index (χ4v) is 4.08. The highest BCUT2D eigenvalue weighted by molar-refractivity contribution is 5.94. The Balaban J connectivity index is 1.29. The lowest BCUT2D eigenvalue weighted by atomic mass is 9.98. The zero-order chi connectivity index (χ0) is 24.1. The van der Waals surface area contributed by atoms with E-state index in [1.165, 1.54) is 6.07 Å². The number of nitrogens with zero attached hydrogens (tertiary/aromatic N) is 1. The Morgan fingerprint density at radius 1 is 1.09 bits per heavy atom. The topological polar surface area (TPSA) is 133 Å². The fourth-order valence-electron chi connectivity index (χ4n) is 4.08. The quantitative estimate of drug-likeness (QED) is 0.380. The molecule has 0 saturated carbocycles. The molecule has 0 aliphatic heterocycles. The molecule has 1 atom stereocenters. The average molecular weight is 463 g/mol. The van der Waals surface area contributed by atoms with Crippen molar-refractivity contribution in [3.05, 3.63) is 71.4 Å². The number of ether oxygens (including phenoxy) is 1. The van der Waals surface area contributed by atoms with Crippen molar-refractivity contribution in [1.29, 1.82) is 0 Å². The van der Waals surface area contributed by atoms with Gasteiger partial charge in [0.25, 0.3) is 5.91 Å². The van der Waals surface area contributed by atoms with Gasteiger partial charge in [0.15, 0.2) is 5.82 Å². The number of benzene rings is 2. The molecule has 1 aliphatic rings. The number of hydrogen-bond acceptors (Lipinski definition) is 5. The Morgan fingerprint density at radius 2 is 1.74 bits per heavy atom. The summed E-state index contributed by atoms with van der Waals surface area (Å²) in [6, 6.07) is 17.6. The molecule has 4 rings (SSSR count). The van der Waals surface area contributed by atoms with Crippen LogP contribution in [0, 0.1) is 5.92 Å². The van der Waals surface area contributed by atoms with E-state index < -0.39 is 18.0 Å². The first-order chi connectivity index (χ1) is 16.4. The lowest BCUT2D eigenvalue weighted by molar-refractivity contribution is -0.137. The van der Waals surface area contributed by atoms with E-state index in [0.29, 0.717) is 13.0 Å². The van der Waals surface area contributed by atoms with Crippen LogP contribution >= 0.6 is 0 Å². The van der Waals surface area contributed by atoms with Gasteiger partial charge < -0.3 is 15.2 Å². The number of carbonyl (C=O) groups excluding carboxylic acids is 2. The summed E-state index contributed by atoms with van der Waals surface area (Å²) in [7, 11) is 0. The number of carboxylic acid groups (broad SMARTS) is 1. The first kappa shape index (κ1) is 23.0. The molecule has 4 N–H and O–H groups in total. The number of nitrogens with one attached hydrogen (secondary N) is 3. The molecule has 9 nitrogen and oxygen atoms in total. The van der Waals surface area contributed by atoms with E-state index in [-0.39, 0.29) is 36.4 Å². The highest BCUT2D eigenvalue weighted by Crippen LogP contribution is 2.44. The summed E-state index contributed by atoms with van der Waals surface area (Å²) in [6.45, 7) is 2.37. The van der Waals surface area contributed by atoms with Crippen molar-refractivity contribution in [1.82, 2.24) is 15.5 Å². The van der Waals surface area contributed by atoms with Crippen LogP contribution in [-0.2, 0) is 9.53 Å². The minimum Gasteiger partial charge on any atom is -0.481 e. The summed E-state index contributed by atoms with van der Waals surface area (Å²) < 4.78 is 5.49. The molecule has 3 aromatic rings. The van der Waals surface area contributed by atoms with Crippen molar-refractivity contribution in [2.45, 2.75) is 25.7 Å². The minimum atomic E-state index is -0.865. The van der Waals surface area contributed by atoms with Gasteiger partial charge in [-0.25, -0.2) is 4.79 Å². The van der Waals surface area contributed by atoms with Crippen LogP contribution in [0.15, 0.2) is 54.6 Å². The normalized spacial score (nSPS) is 13.0. The van der Waals surface area contributed by atoms with Crippen LogP contribution in [-0.4, -0.2) is 46.4 Å². The number of rotatable bonds is 9. The highest BCUT2D eigenvalue weighted by Gasteiger charge is 2.29. The van der Waals surface area contributed by atoms with Gasteiger partial charge in [0.1, 0.15) is 12.3 Å². The van der Waals surface area contributed by atoms with Gasteiger partial charge in [0.05, 0.1) is 0 Å². The number of aromatic nitrogens is 2. The standard InChI is InChI=1S/C25H26N4O5/c1-15(10-11-23(30)31)13-26-24(32)21-12-22(29-28-21)27-25(33)34-14-20-18-8-4-2-6-16(18)17-7-3-5-9-19(17)20/h2-9,12,15,20H,10-11,13-14H2,1H3,(H,26,32)(H,30,31)(H2,27,28,29,33). The van der Waals surface area contributed by atoms with Crippen LogP contribution in [0.2, 0.25) is 0 Å². The van der Waals surface area contributed by atoms with Crippen molar-refractivity contribution in [2.75, 3.05) is 18.5 Å². The number of anilines is 1. The van der Waals surface area contributed by atoms with Gasteiger partial charge >= 0.3 is 12.1 Å². The van der Waals surface area contributed by atoms with Gasteiger partial charge in [-0.05, 0) is 34.6 Å². The molecule has 0 saturated heterocycles. The second-order valence-corrected chi connectivity index (χ2v) is 8.37. The molecular weight excluding hydrogens is 436 g/mol. The molecule has 2 aromatic carbocycles. The monoisotopic (exact) mass is 462 g/mol. The summed E-state index contributed by atoms with van der Waals surface area (Å²) >= 11 is 0. The van der Waals surface area contributed by atoms with Crippen molar-refractivity contribution < 1.29 is 24.2 Å². The Hall–Kier alpha value is -4.14. The Kier molecular flexibility index (Phi) is 6.91. The lowest BCUT2D eigenvalue weighted by Crippen LogP contribution is -2.28. The maximum atomic E-state index is 12.4. The zero-order valence-electron chi connectivity index (χ0n) is 18.7. The predicted molar refractivity (Wildman–Crippen MR) is 126 cm³/mol. The van der Waals surface area contributed by atoms with E-state index in [1.807, 2.05) is 43.3 Å². The summed E-state index contributed by atoms with van der Waals surface area (Å²) in [5.74, 6) is -1.13. The zero-order valence-corrected chi connectivity index (χ0v) is 18.7. The molecule has 1 aliphatic carbocycles. The largest absolute Gasteiger partial charge is 0.481 e. The molecule has 1 aromatic heterocycles. The van der Waals surface area contributed by atoms with Gasteiger partial charge in [-0.2, -0.15) is 5.10 Å². The van der Waals surface area contributed by atoms with E-state index in [4.69, 9.17) is 9.84 Å². The van der Waals surface area contributed by atoms with Gasteiger partial charge in [0, 0.05) is 24.9 Å². The smallest absolute Gasteiger partial charge is 0.412 e. The van der Waals surface area contributed by atoms with Crippen LogP contribution in [0.25, 0.3) is 11.1 Å². The number of amides is 2. The molecule has 1 heterocycles. The van der Waals surface area contributed by atoms with Gasteiger partial charge in [0.2, 0.25) is 0 Å². The number of aromatic amines is 1. The van der Waals surface area contributed by atoms with Gasteiger partial charge in [-0.1, -0.05) is 55.5 Å². The third-order valence-corrected chi connectivity index (χ3v) is 5.86. The summed E-state index contributed by atoms with van der Waals surface area (Å²) in [4.78, 5) is 35.3. The first-order valence-corrected chi connectivity index (χ1v) is 11.1.